The highest BCUT2D eigenvalue weighted by Gasteiger charge is 2.17. The molecule has 1 aliphatic rings. The second-order valence-corrected chi connectivity index (χ2v) is 8.49. The van der Waals surface area contributed by atoms with Crippen LogP contribution in [0.5, 0.6) is 0 Å². The minimum atomic E-state index is 0.189. The number of nitrogens with one attached hydrogen (secondary N) is 1. The van der Waals surface area contributed by atoms with Crippen molar-refractivity contribution in [3.05, 3.63) is 60.2 Å². The van der Waals surface area contributed by atoms with E-state index < -0.39 is 0 Å². The first-order valence-corrected chi connectivity index (χ1v) is 10.9. The van der Waals surface area contributed by atoms with Crippen LogP contribution in [-0.2, 0) is 11.3 Å². The summed E-state index contributed by atoms with van der Waals surface area (Å²) >= 11 is 0. The maximum Gasteiger partial charge on any atom is 0.224 e. The molecule has 0 aromatic heterocycles. The number of hydrogen-bond donors (Lipinski definition) is 1. The minimum Gasteiger partial charge on any atom is -0.385 e. The minimum absolute atomic E-state index is 0.189. The Bertz CT molecular complexity index is 749. The molecule has 1 heterocycles. The summed E-state index contributed by atoms with van der Waals surface area (Å²) in [6, 6.07) is 19.0. The summed E-state index contributed by atoms with van der Waals surface area (Å²) in [6.07, 6.45) is 3.05. The standard InChI is InChI=1S/C25H35N3O/c1-20(2)28(19-22-7-5-4-6-8-22)25(29)13-16-26-23-9-11-24(12-10-23)27-17-14-21(3)15-18-27/h4-12,20-21,26H,13-19H2,1-3H3. The van der Waals surface area contributed by atoms with E-state index in [4.69, 9.17) is 0 Å². The number of carbonyl (C=O) groups is 1. The summed E-state index contributed by atoms with van der Waals surface area (Å²) in [6.45, 7) is 10.1. The molecule has 0 spiro atoms. The number of rotatable bonds is 8. The molecule has 4 nitrogen and oxygen atoms in total. The predicted molar refractivity (Wildman–Crippen MR) is 122 cm³/mol. The lowest BCUT2D eigenvalue weighted by atomic mass is 9.99. The largest absolute Gasteiger partial charge is 0.385 e. The number of carbonyl (C=O) groups excluding carboxylic acids is 1. The lowest BCUT2D eigenvalue weighted by molar-refractivity contribution is -0.133. The van der Waals surface area contributed by atoms with Gasteiger partial charge < -0.3 is 15.1 Å². The molecule has 0 bridgehead atoms. The van der Waals surface area contributed by atoms with Gasteiger partial charge in [-0.3, -0.25) is 4.79 Å². The van der Waals surface area contributed by atoms with Crippen molar-refractivity contribution in [1.29, 1.82) is 0 Å². The zero-order chi connectivity index (χ0) is 20.6. The average molecular weight is 394 g/mol. The van der Waals surface area contributed by atoms with Gasteiger partial charge in [0.1, 0.15) is 0 Å². The van der Waals surface area contributed by atoms with Crippen molar-refractivity contribution in [2.45, 2.75) is 52.6 Å². The summed E-state index contributed by atoms with van der Waals surface area (Å²) in [5.41, 5.74) is 3.55. The van der Waals surface area contributed by atoms with Crippen molar-refractivity contribution in [3.63, 3.8) is 0 Å². The van der Waals surface area contributed by atoms with E-state index in [-0.39, 0.29) is 11.9 Å². The summed E-state index contributed by atoms with van der Waals surface area (Å²) in [5.74, 6) is 1.03. The Labute approximate surface area is 175 Å². The highest BCUT2D eigenvalue weighted by atomic mass is 16.2. The van der Waals surface area contributed by atoms with Gasteiger partial charge >= 0.3 is 0 Å². The molecule has 1 amide bonds. The van der Waals surface area contributed by atoms with Gasteiger partial charge in [0.15, 0.2) is 0 Å². The van der Waals surface area contributed by atoms with Crippen molar-refractivity contribution in [2.24, 2.45) is 5.92 Å². The van der Waals surface area contributed by atoms with Gasteiger partial charge in [-0.1, -0.05) is 37.3 Å². The van der Waals surface area contributed by atoms with Gasteiger partial charge in [-0.15, -0.1) is 0 Å². The molecule has 0 saturated carbocycles. The molecule has 156 valence electrons. The number of benzene rings is 2. The van der Waals surface area contributed by atoms with Gasteiger partial charge in [0, 0.05) is 50.0 Å². The van der Waals surface area contributed by atoms with Crippen molar-refractivity contribution in [2.75, 3.05) is 29.9 Å². The third-order valence-corrected chi connectivity index (χ3v) is 5.82. The fraction of sp³-hybridized carbons (Fsp3) is 0.480. The number of hydrogen-bond acceptors (Lipinski definition) is 3. The van der Waals surface area contributed by atoms with E-state index in [0.29, 0.717) is 19.5 Å². The van der Waals surface area contributed by atoms with E-state index in [9.17, 15) is 4.79 Å². The molecule has 0 radical (unpaired) electrons. The van der Waals surface area contributed by atoms with Crippen molar-refractivity contribution in [3.8, 4) is 0 Å². The Balaban J connectivity index is 1.47. The fourth-order valence-corrected chi connectivity index (χ4v) is 3.85. The van der Waals surface area contributed by atoms with Crippen LogP contribution in [0.2, 0.25) is 0 Å². The quantitative estimate of drug-likeness (QED) is 0.673. The Hall–Kier alpha value is -2.49. The van der Waals surface area contributed by atoms with Crippen LogP contribution in [-0.4, -0.2) is 36.5 Å². The smallest absolute Gasteiger partial charge is 0.224 e. The van der Waals surface area contributed by atoms with E-state index in [1.807, 2.05) is 23.1 Å². The van der Waals surface area contributed by atoms with Crippen LogP contribution >= 0.6 is 0 Å². The first kappa shape index (κ1) is 21.2. The molecule has 3 rings (SSSR count). The van der Waals surface area contributed by atoms with Gasteiger partial charge in [-0.25, -0.2) is 0 Å². The zero-order valence-electron chi connectivity index (χ0n) is 18.1. The highest BCUT2D eigenvalue weighted by molar-refractivity contribution is 5.77. The molecule has 4 heteroatoms. The van der Waals surface area contributed by atoms with Crippen LogP contribution in [0.15, 0.2) is 54.6 Å². The molecule has 2 aromatic rings. The lowest BCUT2D eigenvalue weighted by Crippen LogP contribution is -2.37. The van der Waals surface area contributed by atoms with Gasteiger partial charge in [-0.2, -0.15) is 0 Å². The summed E-state index contributed by atoms with van der Waals surface area (Å²) < 4.78 is 0. The van der Waals surface area contributed by atoms with Crippen molar-refractivity contribution >= 4 is 17.3 Å². The second-order valence-electron chi connectivity index (χ2n) is 8.49. The van der Waals surface area contributed by atoms with Gasteiger partial charge in [0.2, 0.25) is 5.91 Å². The lowest BCUT2D eigenvalue weighted by Gasteiger charge is -2.32. The first-order chi connectivity index (χ1) is 14.0. The summed E-state index contributed by atoms with van der Waals surface area (Å²) in [7, 11) is 0. The molecule has 0 unspecified atom stereocenters. The second kappa shape index (κ2) is 10.3. The van der Waals surface area contributed by atoms with E-state index >= 15 is 0 Å². The monoisotopic (exact) mass is 393 g/mol. The summed E-state index contributed by atoms with van der Waals surface area (Å²) in [5, 5.41) is 3.40. The molecule has 1 aliphatic heterocycles. The zero-order valence-corrected chi connectivity index (χ0v) is 18.1. The number of nitrogens with zero attached hydrogens (tertiary/aromatic N) is 2. The molecule has 1 saturated heterocycles. The topological polar surface area (TPSA) is 35.6 Å². The van der Waals surface area contributed by atoms with E-state index in [1.165, 1.54) is 24.1 Å². The van der Waals surface area contributed by atoms with E-state index in [1.54, 1.807) is 0 Å². The number of piperidine rings is 1. The van der Waals surface area contributed by atoms with Crippen molar-refractivity contribution in [1.82, 2.24) is 4.90 Å². The Kier molecular flexibility index (Phi) is 7.56. The highest BCUT2D eigenvalue weighted by Crippen LogP contribution is 2.24. The maximum absolute atomic E-state index is 12.7. The molecular weight excluding hydrogens is 358 g/mol. The van der Waals surface area contributed by atoms with Gasteiger partial charge in [0.05, 0.1) is 0 Å². The molecule has 1 fully saturated rings. The molecule has 2 aromatic carbocycles. The van der Waals surface area contributed by atoms with E-state index in [0.717, 1.165) is 24.7 Å². The van der Waals surface area contributed by atoms with Crippen LogP contribution in [0.1, 0.15) is 45.6 Å². The van der Waals surface area contributed by atoms with Crippen LogP contribution in [0.3, 0.4) is 0 Å². The van der Waals surface area contributed by atoms with Crippen LogP contribution < -0.4 is 10.2 Å². The maximum atomic E-state index is 12.7. The Morgan fingerprint density at radius 1 is 1.07 bits per heavy atom. The van der Waals surface area contributed by atoms with Crippen LogP contribution in [0.25, 0.3) is 0 Å². The number of amides is 1. The third kappa shape index (κ3) is 6.25. The van der Waals surface area contributed by atoms with Crippen molar-refractivity contribution < 1.29 is 4.79 Å². The summed E-state index contributed by atoms with van der Waals surface area (Å²) in [4.78, 5) is 17.2. The molecule has 0 aliphatic carbocycles. The molecular formula is C25H35N3O. The Morgan fingerprint density at radius 2 is 1.72 bits per heavy atom. The molecule has 1 N–H and O–H groups in total. The Morgan fingerprint density at radius 3 is 2.34 bits per heavy atom. The van der Waals surface area contributed by atoms with Crippen LogP contribution in [0.4, 0.5) is 11.4 Å². The fourth-order valence-electron chi connectivity index (χ4n) is 3.85. The normalized spacial score (nSPS) is 14.8. The molecule has 0 atom stereocenters. The SMILES string of the molecule is CC1CCN(c2ccc(NCCC(=O)N(Cc3ccccc3)C(C)C)cc2)CC1. The third-order valence-electron chi connectivity index (χ3n) is 5.82. The molecule has 29 heavy (non-hydrogen) atoms. The van der Waals surface area contributed by atoms with E-state index in [2.05, 4.69) is 67.4 Å². The van der Waals surface area contributed by atoms with Crippen LogP contribution in [0, 0.1) is 5.92 Å². The number of anilines is 2. The van der Waals surface area contributed by atoms with Gasteiger partial charge in [0.25, 0.3) is 0 Å². The average Bonchev–Trinajstić information content (AvgIpc) is 2.73. The van der Waals surface area contributed by atoms with Gasteiger partial charge in [-0.05, 0) is 62.4 Å². The predicted octanol–water partition coefficient (Wildman–Crippen LogP) is 5.16. The first-order valence-electron chi connectivity index (χ1n) is 10.9.